The van der Waals surface area contributed by atoms with Crippen LogP contribution in [0.15, 0.2) is 29.2 Å². The lowest BCUT2D eigenvalue weighted by molar-refractivity contribution is 0.0510. The Hall–Kier alpha value is -4.35. The number of fused-ring (bicyclic) bond motifs is 2. The van der Waals surface area contributed by atoms with Crippen molar-refractivity contribution in [3.05, 3.63) is 57.1 Å². The Morgan fingerprint density at radius 1 is 1.14 bits per heavy atom. The lowest BCUT2D eigenvalue weighted by atomic mass is 10.1. The molecule has 2 atom stereocenters. The second-order valence-corrected chi connectivity index (χ2v) is 11.9. The first-order valence-corrected chi connectivity index (χ1v) is 14.2. The summed E-state index contributed by atoms with van der Waals surface area (Å²) in [4.78, 5) is 45.1. The standard InChI is InChI=1S/C31H37FN4O7/c1-8-42-29(38)21-15-35(12-17-9-10-18(40-6)11-22(17)41-7)27-23(26(21)37)16(2)24(32)28(34-27)36-13-19-20(14-36)25(19)33-30(39)43-31(3,4)5/h9-11,15,19-20,25H,8,12-14H2,1-7H3,(H,33,39). The zero-order chi connectivity index (χ0) is 31.2. The van der Waals surface area contributed by atoms with Gasteiger partial charge in [-0.2, -0.15) is 0 Å². The van der Waals surface area contributed by atoms with Gasteiger partial charge in [-0.25, -0.2) is 19.0 Å². The number of benzene rings is 1. The predicted molar refractivity (Wildman–Crippen MR) is 158 cm³/mol. The third kappa shape index (κ3) is 5.82. The van der Waals surface area contributed by atoms with Crippen LogP contribution >= 0.6 is 0 Å². The third-order valence-electron chi connectivity index (χ3n) is 7.87. The number of nitrogens with one attached hydrogen (secondary N) is 1. The highest BCUT2D eigenvalue weighted by Crippen LogP contribution is 2.47. The zero-order valence-corrected chi connectivity index (χ0v) is 25.4. The molecule has 1 saturated carbocycles. The van der Waals surface area contributed by atoms with Crippen LogP contribution in [0.4, 0.5) is 15.0 Å². The predicted octanol–water partition coefficient (Wildman–Crippen LogP) is 4.05. The molecule has 5 rings (SSSR count). The zero-order valence-electron chi connectivity index (χ0n) is 25.4. The van der Waals surface area contributed by atoms with Crippen LogP contribution in [-0.2, 0) is 16.0 Å². The summed E-state index contributed by atoms with van der Waals surface area (Å²) in [6.45, 7) is 9.79. The normalized spacial score (nSPS) is 19.2. The van der Waals surface area contributed by atoms with E-state index in [1.165, 1.54) is 20.2 Å². The Morgan fingerprint density at radius 2 is 1.84 bits per heavy atom. The van der Waals surface area contributed by atoms with Gasteiger partial charge in [0.1, 0.15) is 28.3 Å². The molecule has 0 spiro atoms. The van der Waals surface area contributed by atoms with Crippen molar-refractivity contribution in [1.29, 1.82) is 0 Å². The fourth-order valence-corrected chi connectivity index (χ4v) is 5.75. The molecule has 1 N–H and O–H groups in total. The lowest BCUT2D eigenvalue weighted by Gasteiger charge is -2.25. The van der Waals surface area contributed by atoms with E-state index < -0.39 is 28.9 Å². The number of pyridine rings is 2. The minimum Gasteiger partial charge on any atom is -0.497 e. The molecule has 1 saturated heterocycles. The average molecular weight is 597 g/mol. The molecule has 0 bridgehead atoms. The number of ether oxygens (including phenoxy) is 4. The smallest absolute Gasteiger partial charge is 0.407 e. The summed E-state index contributed by atoms with van der Waals surface area (Å²) in [5.41, 5.74) is -0.407. The first-order valence-electron chi connectivity index (χ1n) is 14.2. The fraction of sp³-hybridized carbons (Fsp3) is 0.484. The second-order valence-electron chi connectivity index (χ2n) is 11.9. The van der Waals surface area contributed by atoms with E-state index in [4.69, 9.17) is 18.9 Å². The molecular weight excluding hydrogens is 559 g/mol. The van der Waals surface area contributed by atoms with Crippen molar-refractivity contribution in [1.82, 2.24) is 14.9 Å². The van der Waals surface area contributed by atoms with Crippen molar-refractivity contribution in [3.63, 3.8) is 0 Å². The van der Waals surface area contributed by atoms with Crippen LogP contribution in [0.25, 0.3) is 11.0 Å². The van der Waals surface area contributed by atoms with Crippen LogP contribution in [0.1, 0.15) is 49.2 Å². The highest BCUT2D eigenvalue weighted by Gasteiger charge is 2.57. The van der Waals surface area contributed by atoms with E-state index in [0.717, 1.165) is 5.56 Å². The molecule has 2 unspecified atom stereocenters. The maximum Gasteiger partial charge on any atom is 0.407 e. The number of nitrogens with zero attached hydrogens (tertiary/aromatic N) is 3. The minimum absolute atomic E-state index is 0.00751. The molecule has 1 amide bonds. The molecule has 0 radical (unpaired) electrons. The second kappa shape index (κ2) is 11.4. The monoisotopic (exact) mass is 596 g/mol. The Kier molecular flexibility index (Phi) is 7.97. The highest BCUT2D eigenvalue weighted by molar-refractivity contribution is 5.94. The lowest BCUT2D eigenvalue weighted by Crippen LogP contribution is -2.38. The van der Waals surface area contributed by atoms with Gasteiger partial charge in [0.25, 0.3) is 0 Å². The van der Waals surface area contributed by atoms with E-state index in [-0.39, 0.29) is 59.0 Å². The van der Waals surface area contributed by atoms with Crippen molar-refractivity contribution in [2.24, 2.45) is 11.8 Å². The Labute approximate surface area is 248 Å². The van der Waals surface area contributed by atoms with Gasteiger partial charge in [0.2, 0.25) is 5.43 Å². The number of rotatable bonds is 8. The summed E-state index contributed by atoms with van der Waals surface area (Å²) >= 11 is 0. The molecule has 2 aliphatic rings. The van der Waals surface area contributed by atoms with Crippen LogP contribution in [0, 0.1) is 24.6 Å². The summed E-state index contributed by atoms with van der Waals surface area (Å²) in [5, 5.41) is 2.93. The van der Waals surface area contributed by atoms with E-state index in [0.29, 0.717) is 24.6 Å². The summed E-state index contributed by atoms with van der Waals surface area (Å²) in [6, 6.07) is 5.27. The molecule has 2 aromatic heterocycles. The Balaban J connectivity index is 1.52. The minimum atomic E-state index is -0.795. The van der Waals surface area contributed by atoms with Gasteiger partial charge in [-0.05, 0) is 46.8 Å². The number of aryl methyl sites for hydroxylation is 1. The number of esters is 1. The number of aromatic nitrogens is 2. The van der Waals surface area contributed by atoms with E-state index in [2.05, 4.69) is 10.3 Å². The molecule has 11 nitrogen and oxygen atoms in total. The summed E-state index contributed by atoms with van der Waals surface area (Å²) < 4.78 is 39.0. The molecule has 1 aliphatic heterocycles. The van der Waals surface area contributed by atoms with Crippen LogP contribution < -0.4 is 25.1 Å². The first kappa shape index (κ1) is 30.1. The number of alkyl carbamates (subject to hydrolysis) is 1. The van der Waals surface area contributed by atoms with Crippen LogP contribution in [0.5, 0.6) is 11.5 Å². The molecular formula is C31H37FN4O7. The quantitative estimate of drug-likeness (QED) is 0.384. The SMILES string of the molecule is CCOC(=O)c1cn(Cc2ccc(OC)cc2OC)c2nc(N3CC4C(C3)C4NC(=O)OC(C)(C)C)c(F)c(C)c2c1=O. The maximum atomic E-state index is 15.9. The van der Waals surface area contributed by atoms with Gasteiger partial charge in [-0.3, -0.25) is 4.79 Å². The van der Waals surface area contributed by atoms with Crippen molar-refractivity contribution in [3.8, 4) is 11.5 Å². The van der Waals surface area contributed by atoms with Gasteiger partial charge in [0, 0.05) is 54.4 Å². The van der Waals surface area contributed by atoms with Crippen LogP contribution in [0.2, 0.25) is 0 Å². The van der Waals surface area contributed by atoms with Gasteiger partial charge in [-0.15, -0.1) is 0 Å². The molecule has 1 aliphatic carbocycles. The number of anilines is 1. The highest BCUT2D eigenvalue weighted by atomic mass is 19.1. The third-order valence-corrected chi connectivity index (χ3v) is 7.87. The van der Waals surface area contributed by atoms with Gasteiger partial charge < -0.3 is 33.7 Å². The van der Waals surface area contributed by atoms with E-state index in [9.17, 15) is 14.4 Å². The van der Waals surface area contributed by atoms with E-state index >= 15 is 4.39 Å². The van der Waals surface area contributed by atoms with Gasteiger partial charge in [-0.1, -0.05) is 0 Å². The van der Waals surface area contributed by atoms with Crippen LogP contribution in [0.3, 0.4) is 0 Å². The molecule has 1 aromatic carbocycles. The summed E-state index contributed by atoms with van der Waals surface area (Å²) in [5.74, 6) is 0.0818. The summed E-state index contributed by atoms with van der Waals surface area (Å²) in [7, 11) is 3.08. The molecule has 3 heterocycles. The van der Waals surface area contributed by atoms with Gasteiger partial charge in [0.15, 0.2) is 11.6 Å². The number of carbonyl (C=O) groups is 2. The molecule has 2 fully saturated rings. The van der Waals surface area contributed by atoms with Crippen molar-refractivity contribution < 1.29 is 32.9 Å². The molecule has 43 heavy (non-hydrogen) atoms. The number of amides is 1. The topological polar surface area (TPSA) is 121 Å². The first-order chi connectivity index (χ1) is 20.4. The number of piperidine rings is 1. The van der Waals surface area contributed by atoms with E-state index in [1.807, 2.05) is 11.0 Å². The van der Waals surface area contributed by atoms with Crippen molar-refractivity contribution in [2.45, 2.75) is 52.8 Å². The van der Waals surface area contributed by atoms with Crippen LogP contribution in [-0.4, -0.2) is 67.2 Å². The van der Waals surface area contributed by atoms with Crippen molar-refractivity contribution >= 4 is 28.9 Å². The molecule has 230 valence electrons. The van der Waals surface area contributed by atoms with E-state index in [1.54, 1.807) is 51.5 Å². The largest absolute Gasteiger partial charge is 0.497 e. The molecule has 12 heteroatoms. The number of hydrogen-bond donors (Lipinski definition) is 1. The summed E-state index contributed by atoms with van der Waals surface area (Å²) in [6.07, 6.45) is 0.933. The van der Waals surface area contributed by atoms with Gasteiger partial charge in [0.05, 0.1) is 32.8 Å². The molecule has 3 aromatic rings. The van der Waals surface area contributed by atoms with Crippen molar-refractivity contribution in [2.75, 3.05) is 38.8 Å². The maximum absolute atomic E-state index is 15.9. The number of hydrogen-bond acceptors (Lipinski definition) is 9. The number of carbonyl (C=O) groups excluding carboxylic acids is 2. The number of halogens is 1. The average Bonchev–Trinajstić information content (AvgIpc) is 3.36. The Morgan fingerprint density at radius 3 is 2.44 bits per heavy atom. The van der Waals surface area contributed by atoms with Gasteiger partial charge >= 0.3 is 12.1 Å². The Bertz CT molecular complexity index is 1640. The fourth-order valence-electron chi connectivity index (χ4n) is 5.75. The number of methoxy groups -OCH3 is 2.